The van der Waals surface area contributed by atoms with Gasteiger partial charge in [0.1, 0.15) is 0 Å². The molecule has 7 heavy (non-hydrogen) atoms. The molecule has 0 saturated heterocycles. The molecule has 0 N–H and O–H groups in total. The predicted octanol–water partition coefficient (Wildman–Crippen LogP) is 0.533. The highest BCUT2D eigenvalue weighted by Crippen LogP contribution is 1.85. The topological polar surface area (TPSA) is 34.0 Å². The summed E-state index contributed by atoms with van der Waals surface area (Å²) in [5.74, 6) is 2.96. The Kier molecular flexibility index (Phi) is 0.922. The second-order valence-electron chi connectivity index (χ2n) is 1.08. The van der Waals surface area contributed by atoms with Crippen LogP contribution in [0.4, 0.5) is 0 Å². The van der Waals surface area contributed by atoms with E-state index in [1.807, 2.05) is 0 Å². The Labute approximate surface area is 41.0 Å². The van der Waals surface area contributed by atoms with Crippen molar-refractivity contribution in [3.05, 3.63) is 6.26 Å². The molecule has 1 aliphatic heterocycles. The van der Waals surface area contributed by atoms with Gasteiger partial charge in [0.25, 0.3) is 0 Å². The highest BCUT2D eigenvalue weighted by Gasteiger charge is 1.86. The normalized spacial score (nSPS) is 15.9. The third-order valence-electron chi connectivity index (χ3n) is 0.531. The van der Waals surface area contributed by atoms with E-state index < -0.39 is 0 Å². The van der Waals surface area contributed by atoms with Crippen molar-refractivity contribution in [3.63, 3.8) is 0 Å². The largest absolute Gasteiger partial charge is 0.439 e. The first kappa shape index (κ1) is 4.09. The lowest BCUT2D eigenvalue weighted by molar-refractivity contribution is 0.468. The number of hydrogen-bond acceptors (Lipinski definition) is 3. The third kappa shape index (κ3) is 0.876. The van der Waals surface area contributed by atoms with Gasteiger partial charge in [0.2, 0.25) is 5.90 Å². The van der Waals surface area contributed by atoms with Crippen LogP contribution >= 0.6 is 0 Å². The van der Waals surface area contributed by atoms with E-state index in [1.165, 1.54) is 6.26 Å². The van der Waals surface area contributed by atoms with Crippen LogP contribution in [0.3, 0.4) is 0 Å². The molecular formula is C4H4N2O. The quantitative estimate of drug-likeness (QED) is 0.433. The molecule has 0 amide bonds. The standard InChI is InChI=1S/C4H4N2O/c1-4-6-5-2-3-7-4/h3H,1H3. The molecule has 0 atom stereocenters. The first-order valence-electron chi connectivity index (χ1n) is 1.88. The molecule has 36 valence electrons. The third-order valence-corrected chi connectivity index (χ3v) is 0.531. The summed E-state index contributed by atoms with van der Waals surface area (Å²) < 4.78 is 4.70. The molecule has 0 unspecified atom stereocenters. The van der Waals surface area contributed by atoms with Gasteiger partial charge in [0, 0.05) is 12.8 Å². The van der Waals surface area contributed by atoms with Crippen molar-refractivity contribution in [2.45, 2.75) is 6.92 Å². The lowest BCUT2D eigenvalue weighted by Gasteiger charge is -1.93. The molecule has 0 radical (unpaired) electrons. The Balaban J connectivity index is 2.77. The molecule has 1 heterocycles. The van der Waals surface area contributed by atoms with E-state index in [4.69, 9.17) is 4.74 Å². The maximum Gasteiger partial charge on any atom is 0.212 e. The van der Waals surface area contributed by atoms with Crippen LogP contribution in [-0.4, -0.2) is 11.8 Å². The zero-order chi connectivity index (χ0) is 5.11. The molecule has 3 heteroatoms. The lowest BCUT2D eigenvalue weighted by atomic mass is 10.8. The van der Waals surface area contributed by atoms with Gasteiger partial charge < -0.3 is 4.74 Å². The Morgan fingerprint density at radius 3 is 3.00 bits per heavy atom. The molecule has 1 aliphatic rings. The van der Waals surface area contributed by atoms with Crippen molar-refractivity contribution in [1.82, 2.24) is 0 Å². The summed E-state index contributed by atoms with van der Waals surface area (Å²) in [6, 6.07) is 0. The van der Waals surface area contributed by atoms with Crippen molar-refractivity contribution >= 4 is 11.8 Å². The summed E-state index contributed by atoms with van der Waals surface area (Å²) in [6.07, 6.45) is 1.36. The Morgan fingerprint density at radius 2 is 2.71 bits per heavy atom. The monoisotopic (exact) mass is 96.0 g/mol. The predicted molar refractivity (Wildman–Crippen MR) is 26.2 cm³/mol. The zero-order valence-corrected chi connectivity index (χ0v) is 3.88. The van der Waals surface area contributed by atoms with Crippen molar-refractivity contribution in [2.24, 2.45) is 10.2 Å². The van der Waals surface area contributed by atoms with E-state index in [2.05, 4.69) is 16.1 Å². The fourth-order valence-electron chi connectivity index (χ4n) is 0.258. The van der Waals surface area contributed by atoms with E-state index in [0.29, 0.717) is 5.90 Å². The number of hydrogen-bond donors (Lipinski definition) is 0. The summed E-state index contributed by atoms with van der Waals surface area (Å²) in [5, 5.41) is 6.92. The molecule has 0 bridgehead atoms. The van der Waals surface area contributed by atoms with Crippen molar-refractivity contribution < 1.29 is 4.74 Å². The van der Waals surface area contributed by atoms with Crippen LogP contribution < -0.4 is 0 Å². The SMILES string of the molecule is CC1=NN=C=CO1. The highest BCUT2D eigenvalue weighted by atomic mass is 16.5. The maximum atomic E-state index is 4.70. The molecular weight excluding hydrogens is 92.1 g/mol. The summed E-state index contributed by atoms with van der Waals surface area (Å²) in [4.78, 5) is 0. The molecule has 1 rings (SSSR count). The van der Waals surface area contributed by atoms with Gasteiger partial charge in [0.15, 0.2) is 6.26 Å². The minimum Gasteiger partial charge on any atom is -0.439 e. The molecule has 0 aromatic heterocycles. The summed E-state index contributed by atoms with van der Waals surface area (Å²) in [6.45, 7) is 1.72. The first-order valence-corrected chi connectivity index (χ1v) is 1.88. The molecule has 0 aromatic rings. The summed E-state index contributed by atoms with van der Waals surface area (Å²) in [5.41, 5.74) is 0. The Bertz CT molecular complexity index is 153. The zero-order valence-electron chi connectivity index (χ0n) is 3.88. The van der Waals surface area contributed by atoms with E-state index in [1.54, 1.807) is 6.92 Å². The van der Waals surface area contributed by atoms with E-state index in [-0.39, 0.29) is 0 Å². The molecule has 0 aliphatic carbocycles. The lowest BCUT2D eigenvalue weighted by Crippen LogP contribution is -1.93. The fraction of sp³-hybridized carbons (Fsp3) is 0.250. The van der Waals surface area contributed by atoms with E-state index in [9.17, 15) is 0 Å². The number of nitrogens with zero attached hydrogens (tertiary/aromatic N) is 2. The van der Waals surface area contributed by atoms with Gasteiger partial charge in [-0.05, 0) is 0 Å². The average Bonchev–Trinajstić information content (AvgIpc) is 1.69. The van der Waals surface area contributed by atoms with Crippen LogP contribution in [0.15, 0.2) is 16.5 Å². The van der Waals surface area contributed by atoms with Gasteiger partial charge in [-0.15, -0.1) is 5.10 Å². The second kappa shape index (κ2) is 1.58. The van der Waals surface area contributed by atoms with Gasteiger partial charge in [-0.25, -0.2) is 0 Å². The molecule has 0 saturated carbocycles. The maximum absolute atomic E-state index is 4.70. The molecule has 0 spiro atoms. The van der Waals surface area contributed by atoms with Gasteiger partial charge in [-0.1, -0.05) is 5.10 Å². The van der Waals surface area contributed by atoms with E-state index >= 15 is 0 Å². The average molecular weight is 96.1 g/mol. The van der Waals surface area contributed by atoms with Gasteiger partial charge >= 0.3 is 0 Å². The van der Waals surface area contributed by atoms with Crippen molar-refractivity contribution in [2.75, 3.05) is 0 Å². The van der Waals surface area contributed by atoms with Gasteiger partial charge in [-0.2, -0.15) is 0 Å². The smallest absolute Gasteiger partial charge is 0.212 e. The van der Waals surface area contributed by atoms with Crippen LogP contribution in [0.5, 0.6) is 0 Å². The minimum atomic E-state index is 0.554. The number of ether oxygens (including phenoxy) is 1. The van der Waals surface area contributed by atoms with Crippen molar-refractivity contribution in [3.8, 4) is 0 Å². The second-order valence-corrected chi connectivity index (χ2v) is 1.08. The minimum absolute atomic E-state index is 0.554. The summed E-state index contributed by atoms with van der Waals surface area (Å²) >= 11 is 0. The summed E-state index contributed by atoms with van der Waals surface area (Å²) in [7, 11) is 0. The Hall–Kier alpha value is -1.08. The van der Waals surface area contributed by atoms with Gasteiger partial charge in [0.05, 0.1) is 0 Å². The Morgan fingerprint density at radius 1 is 1.86 bits per heavy atom. The first-order chi connectivity index (χ1) is 3.39. The van der Waals surface area contributed by atoms with Crippen molar-refractivity contribution in [1.29, 1.82) is 0 Å². The molecule has 0 aromatic carbocycles. The molecule has 3 nitrogen and oxygen atoms in total. The van der Waals surface area contributed by atoms with Crippen LogP contribution in [0.2, 0.25) is 0 Å². The highest BCUT2D eigenvalue weighted by molar-refractivity contribution is 5.76. The fourth-order valence-corrected chi connectivity index (χ4v) is 0.258. The van der Waals surface area contributed by atoms with Crippen LogP contribution in [0.25, 0.3) is 0 Å². The van der Waals surface area contributed by atoms with Crippen LogP contribution in [0.1, 0.15) is 6.92 Å². The number of rotatable bonds is 0. The molecule has 0 fully saturated rings. The van der Waals surface area contributed by atoms with Crippen LogP contribution in [0, 0.1) is 0 Å². The van der Waals surface area contributed by atoms with E-state index in [0.717, 1.165) is 0 Å². The van der Waals surface area contributed by atoms with Gasteiger partial charge in [-0.3, -0.25) is 0 Å². The van der Waals surface area contributed by atoms with Crippen LogP contribution in [-0.2, 0) is 4.74 Å².